The van der Waals surface area contributed by atoms with E-state index in [1.54, 1.807) is 12.1 Å². The van der Waals surface area contributed by atoms with Crippen LogP contribution < -0.4 is 4.74 Å². The van der Waals surface area contributed by atoms with E-state index in [-0.39, 0.29) is 11.4 Å². The van der Waals surface area contributed by atoms with E-state index < -0.39 is 4.92 Å². The van der Waals surface area contributed by atoms with Crippen LogP contribution in [0, 0.1) is 10.1 Å². The molecular weight excluding hydrogens is 278 g/mol. The number of ether oxygens (including phenoxy) is 1. The first-order valence-electron chi connectivity index (χ1n) is 4.77. The quantitative estimate of drug-likeness (QED) is 0.484. The predicted molar refractivity (Wildman–Crippen MR) is 67.9 cm³/mol. The number of nitro benzene ring substituents is 1. The van der Waals surface area contributed by atoms with Crippen LogP contribution in [0.1, 0.15) is 9.67 Å². The molecule has 0 radical (unpaired) electrons. The van der Waals surface area contributed by atoms with Crippen molar-refractivity contribution >= 4 is 34.9 Å². The summed E-state index contributed by atoms with van der Waals surface area (Å²) in [5.41, 5.74) is -0.180. The van der Waals surface area contributed by atoms with Crippen LogP contribution in [-0.4, -0.2) is 11.2 Å². The van der Waals surface area contributed by atoms with Gasteiger partial charge >= 0.3 is 5.69 Å². The second-order valence-corrected chi connectivity index (χ2v) is 4.76. The van der Waals surface area contributed by atoms with Crippen LogP contribution in [0.25, 0.3) is 0 Å². The zero-order chi connectivity index (χ0) is 13.1. The second kappa shape index (κ2) is 5.16. The summed E-state index contributed by atoms with van der Waals surface area (Å²) in [5, 5.41) is 11.5. The van der Waals surface area contributed by atoms with Gasteiger partial charge in [0, 0.05) is 17.2 Å². The summed E-state index contributed by atoms with van der Waals surface area (Å²) in [5.74, 6) is 0.0480. The van der Waals surface area contributed by atoms with E-state index in [0.29, 0.717) is 21.2 Å². The average molecular weight is 284 g/mol. The van der Waals surface area contributed by atoms with Gasteiger partial charge in [0.1, 0.15) is 0 Å². The standard InChI is InChI=1S/C11H6ClNO4S/c12-7-1-3-9(13(15)16)10(5-7)17-11-4-2-8(6-14)18-11/h1-6H. The van der Waals surface area contributed by atoms with E-state index in [0.717, 1.165) is 11.3 Å². The van der Waals surface area contributed by atoms with Gasteiger partial charge in [0.15, 0.2) is 11.3 Å². The zero-order valence-electron chi connectivity index (χ0n) is 8.83. The lowest BCUT2D eigenvalue weighted by Gasteiger charge is -2.03. The molecule has 0 bridgehead atoms. The van der Waals surface area contributed by atoms with Gasteiger partial charge in [0.25, 0.3) is 0 Å². The highest BCUT2D eigenvalue weighted by molar-refractivity contribution is 7.15. The molecule has 0 N–H and O–H groups in total. The molecule has 1 aromatic heterocycles. The number of rotatable bonds is 4. The Kier molecular flexibility index (Phi) is 3.59. The number of hydrogen-bond donors (Lipinski definition) is 0. The zero-order valence-corrected chi connectivity index (χ0v) is 10.4. The fraction of sp³-hybridized carbons (Fsp3) is 0. The smallest absolute Gasteiger partial charge is 0.311 e. The van der Waals surface area contributed by atoms with Gasteiger partial charge in [-0.2, -0.15) is 0 Å². The first kappa shape index (κ1) is 12.5. The molecule has 2 aromatic rings. The van der Waals surface area contributed by atoms with Gasteiger partial charge in [-0.3, -0.25) is 14.9 Å². The van der Waals surface area contributed by atoms with E-state index in [1.165, 1.54) is 18.2 Å². The van der Waals surface area contributed by atoms with Crippen LogP contribution in [0.3, 0.4) is 0 Å². The Labute approximate surface area is 111 Å². The Balaban J connectivity index is 2.35. The fourth-order valence-electron chi connectivity index (χ4n) is 1.28. The number of nitro groups is 1. The summed E-state index contributed by atoms with van der Waals surface area (Å²) < 4.78 is 5.37. The van der Waals surface area contributed by atoms with Crippen LogP contribution in [0.15, 0.2) is 30.3 Å². The molecule has 0 saturated heterocycles. The minimum absolute atomic E-state index is 0.0480. The van der Waals surface area contributed by atoms with E-state index in [2.05, 4.69) is 0 Å². The minimum atomic E-state index is -0.556. The van der Waals surface area contributed by atoms with Gasteiger partial charge in [-0.25, -0.2) is 0 Å². The van der Waals surface area contributed by atoms with Crippen molar-refractivity contribution in [1.82, 2.24) is 0 Å². The molecule has 5 nitrogen and oxygen atoms in total. The summed E-state index contributed by atoms with van der Waals surface area (Å²) in [6.07, 6.45) is 0.684. The third kappa shape index (κ3) is 2.66. The highest BCUT2D eigenvalue weighted by Gasteiger charge is 2.16. The number of carbonyl (C=O) groups is 1. The van der Waals surface area contributed by atoms with Gasteiger partial charge in [-0.1, -0.05) is 22.9 Å². The lowest BCUT2D eigenvalue weighted by molar-refractivity contribution is -0.385. The Bertz CT molecular complexity index is 611. The third-order valence-corrected chi connectivity index (χ3v) is 3.17. The molecule has 7 heteroatoms. The average Bonchev–Trinajstić information content (AvgIpc) is 2.76. The van der Waals surface area contributed by atoms with Crippen LogP contribution in [-0.2, 0) is 0 Å². The molecule has 0 unspecified atom stereocenters. The van der Waals surface area contributed by atoms with E-state index in [4.69, 9.17) is 16.3 Å². The molecule has 0 aliphatic carbocycles. The molecular formula is C11H6ClNO4S. The lowest BCUT2D eigenvalue weighted by atomic mass is 10.3. The van der Waals surface area contributed by atoms with Crippen LogP contribution in [0.5, 0.6) is 10.8 Å². The van der Waals surface area contributed by atoms with E-state index in [9.17, 15) is 14.9 Å². The Morgan fingerprint density at radius 1 is 1.33 bits per heavy atom. The maximum Gasteiger partial charge on any atom is 0.311 e. The van der Waals surface area contributed by atoms with Gasteiger partial charge in [-0.15, -0.1) is 0 Å². The molecule has 0 saturated carbocycles. The molecule has 92 valence electrons. The topological polar surface area (TPSA) is 69.4 Å². The van der Waals surface area contributed by atoms with E-state index >= 15 is 0 Å². The third-order valence-electron chi connectivity index (χ3n) is 2.05. The van der Waals surface area contributed by atoms with Crippen LogP contribution >= 0.6 is 22.9 Å². The van der Waals surface area contributed by atoms with Crippen molar-refractivity contribution in [3.63, 3.8) is 0 Å². The molecule has 0 amide bonds. The maximum atomic E-state index is 10.8. The summed E-state index contributed by atoms with van der Waals surface area (Å²) in [7, 11) is 0. The van der Waals surface area contributed by atoms with E-state index in [1.807, 2.05) is 0 Å². The van der Waals surface area contributed by atoms with Crippen LogP contribution in [0.4, 0.5) is 5.69 Å². The lowest BCUT2D eigenvalue weighted by Crippen LogP contribution is -1.92. The van der Waals surface area contributed by atoms with Gasteiger partial charge in [0.2, 0.25) is 5.75 Å². The maximum absolute atomic E-state index is 10.8. The number of carbonyl (C=O) groups excluding carboxylic acids is 1. The summed E-state index contributed by atoms with van der Waals surface area (Å²) in [6, 6.07) is 7.19. The van der Waals surface area contributed by atoms with Crippen LogP contribution in [0.2, 0.25) is 5.02 Å². The van der Waals surface area contributed by atoms with Gasteiger partial charge in [0.05, 0.1) is 9.80 Å². The fourth-order valence-corrected chi connectivity index (χ4v) is 2.13. The highest BCUT2D eigenvalue weighted by atomic mass is 35.5. The van der Waals surface area contributed by atoms with Crippen molar-refractivity contribution in [2.24, 2.45) is 0 Å². The van der Waals surface area contributed by atoms with Gasteiger partial charge in [-0.05, 0) is 18.2 Å². The number of halogens is 1. The number of thiophene rings is 1. The number of nitrogens with zero attached hydrogens (tertiary/aromatic N) is 1. The number of hydrogen-bond acceptors (Lipinski definition) is 5. The number of benzene rings is 1. The largest absolute Gasteiger partial charge is 0.439 e. The number of aldehydes is 1. The van der Waals surface area contributed by atoms with Crippen molar-refractivity contribution in [2.45, 2.75) is 0 Å². The Hall–Kier alpha value is -1.92. The highest BCUT2D eigenvalue weighted by Crippen LogP contribution is 2.36. The summed E-state index contributed by atoms with van der Waals surface area (Å²) in [6.45, 7) is 0. The summed E-state index contributed by atoms with van der Waals surface area (Å²) in [4.78, 5) is 21.3. The second-order valence-electron chi connectivity index (χ2n) is 3.25. The first-order valence-corrected chi connectivity index (χ1v) is 5.96. The normalized spacial score (nSPS) is 10.1. The molecule has 2 rings (SSSR count). The summed E-state index contributed by atoms with van der Waals surface area (Å²) >= 11 is 6.86. The van der Waals surface area contributed by atoms with Gasteiger partial charge < -0.3 is 4.74 Å². The van der Waals surface area contributed by atoms with Crippen molar-refractivity contribution in [2.75, 3.05) is 0 Å². The molecule has 0 aliphatic heterocycles. The molecule has 0 fully saturated rings. The van der Waals surface area contributed by atoms with Crippen molar-refractivity contribution in [1.29, 1.82) is 0 Å². The minimum Gasteiger partial charge on any atom is -0.439 e. The Morgan fingerprint density at radius 2 is 2.11 bits per heavy atom. The molecule has 0 atom stereocenters. The molecule has 18 heavy (non-hydrogen) atoms. The van der Waals surface area contributed by atoms with Crippen molar-refractivity contribution in [3.05, 3.63) is 50.3 Å². The first-order chi connectivity index (χ1) is 8.60. The monoisotopic (exact) mass is 283 g/mol. The van der Waals surface area contributed by atoms with Crippen molar-refractivity contribution in [3.8, 4) is 10.8 Å². The van der Waals surface area contributed by atoms with Crippen molar-refractivity contribution < 1.29 is 14.5 Å². The molecule has 0 aliphatic rings. The predicted octanol–water partition coefficient (Wildman–Crippen LogP) is 3.91. The molecule has 1 aromatic carbocycles. The molecule has 0 spiro atoms. The SMILES string of the molecule is O=Cc1ccc(Oc2cc(Cl)ccc2[N+](=O)[O-])s1. The molecule has 1 heterocycles. The Morgan fingerprint density at radius 3 is 2.72 bits per heavy atom.